The number of furan rings is 1. The number of fused-ring (bicyclic) bond motifs is 7. The third kappa shape index (κ3) is 7.16. The summed E-state index contributed by atoms with van der Waals surface area (Å²) in [6, 6.07) is 93.5. The molecule has 0 aliphatic rings. The van der Waals surface area contributed by atoms with Gasteiger partial charge in [-0.15, -0.1) is 11.3 Å². The van der Waals surface area contributed by atoms with E-state index in [1.165, 1.54) is 20.2 Å². The van der Waals surface area contributed by atoms with Crippen LogP contribution in [0, 0.1) is 0 Å². The average Bonchev–Trinajstić information content (AvgIpc) is 3.98. The molecule has 326 valence electrons. The van der Waals surface area contributed by atoms with Crippen LogP contribution in [0.5, 0.6) is 0 Å². The van der Waals surface area contributed by atoms with Crippen LogP contribution in [-0.2, 0) is 0 Å². The first-order chi connectivity index (χ1) is 34.2. The smallest absolute Gasteiger partial charge is 0.159 e. The first-order valence-electron chi connectivity index (χ1n) is 23.3. The summed E-state index contributed by atoms with van der Waals surface area (Å²) >= 11 is 1.84. The second-order valence-electron chi connectivity index (χ2n) is 17.3. The Hall–Kier alpha value is -8.90. The Morgan fingerprint density at radius 3 is 1.35 bits per heavy atom. The van der Waals surface area contributed by atoms with Crippen molar-refractivity contribution in [1.82, 2.24) is 0 Å². The normalized spacial score (nSPS) is 11.5. The van der Waals surface area contributed by atoms with Crippen LogP contribution in [0.15, 0.2) is 265 Å². The Bertz CT molecular complexity index is 3890. The molecule has 0 saturated carbocycles. The van der Waals surface area contributed by atoms with Gasteiger partial charge in [0.05, 0.1) is 11.4 Å². The summed E-state index contributed by atoms with van der Waals surface area (Å²) in [5, 5.41) is 6.88. The summed E-state index contributed by atoms with van der Waals surface area (Å²) in [7, 11) is 0. The van der Waals surface area contributed by atoms with Crippen LogP contribution in [0.2, 0.25) is 0 Å². The molecule has 13 rings (SSSR count). The Labute approximate surface area is 404 Å². The average molecular weight is 902 g/mol. The van der Waals surface area contributed by atoms with Crippen molar-refractivity contribution in [3.05, 3.63) is 261 Å². The van der Waals surface area contributed by atoms with E-state index in [1.54, 1.807) is 0 Å². The highest BCUT2D eigenvalue weighted by Gasteiger charge is 2.25. The number of nitrogens with zero attached hydrogens (tertiary/aromatic N) is 3. The molecule has 4 nitrogen and oxygen atoms in total. The third-order valence-corrected chi connectivity index (χ3v) is 14.3. The van der Waals surface area contributed by atoms with Crippen molar-refractivity contribution in [2.45, 2.75) is 0 Å². The van der Waals surface area contributed by atoms with Crippen molar-refractivity contribution in [2.24, 2.45) is 0 Å². The highest BCUT2D eigenvalue weighted by atomic mass is 32.1. The van der Waals surface area contributed by atoms with E-state index in [0.29, 0.717) is 0 Å². The van der Waals surface area contributed by atoms with Crippen LogP contribution < -0.4 is 14.7 Å². The molecule has 0 aliphatic carbocycles. The van der Waals surface area contributed by atoms with Gasteiger partial charge >= 0.3 is 0 Å². The van der Waals surface area contributed by atoms with Gasteiger partial charge in [-0.3, -0.25) is 0 Å². The molecule has 0 atom stereocenters. The number of anilines is 9. The lowest BCUT2D eigenvalue weighted by molar-refractivity contribution is 0.669. The van der Waals surface area contributed by atoms with Crippen LogP contribution in [0.4, 0.5) is 51.2 Å². The number of hydrogen-bond donors (Lipinski definition) is 0. The van der Waals surface area contributed by atoms with Gasteiger partial charge in [-0.25, -0.2) is 0 Å². The van der Waals surface area contributed by atoms with Crippen molar-refractivity contribution in [2.75, 3.05) is 14.7 Å². The van der Waals surface area contributed by atoms with Crippen LogP contribution in [0.3, 0.4) is 0 Å². The first-order valence-corrected chi connectivity index (χ1v) is 24.1. The second kappa shape index (κ2) is 17.1. The van der Waals surface area contributed by atoms with E-state index in [4.69, 9.17) is 4.42 Å². The number of rotatable bonds is 10. The van der Waals surface area contributed by atoms with Gasteiger partial charge in [-0.2, -0.15) is 0 Å². The number of para-hydroxylation sites is 5. The van der Waals surface area contributed by atoms with Gasteiger partial charge in [-0.1, -0.05) is 140 Å². The van der Waals surface area contributed by atoms with Crippen molar-refractivity contribution in [1.29, 1.82) is 0 Å². The van der Waals surface area contributed by atoms with Crippen molar-refractivity contribution < 1.29 is 4.42 Å². The lowest BCUT2D eigenvalue weighted by atomic mass is 9.94. The van der Waals surface area contributed by atoms with Crippen LogP contribution in [0.25, 0.3) is 64.0 Å². The maximum absolute atomic E-state index is 7.16. The van der Waals surface area contributed by atoms with Crippen LogP contribution in [0.1, 0.15) is 0 Å². The van der Waals surface area contributed by atoms with Crippen molar-refractivity contribution in [3.8, 4) is 11.1 Å². The molecule has 0 aliphatic heterocycles. The molecule has 0 spiro atoms. The zero-order chi connectivity index (χ0) is 45.7. The van der Waals surface area contributed by atoms with E-state index in [2.05, 4.69) is 276 Å². The molecule has 0 bridgehead atoms. The fraction of sp³-hybridized carbons (Fsp3) is 0. The van der Waals surface area contributed by atoms with E-state index >= 15 is 0 Å². The molecule has 69 heavy (non-hydrogen) atoms. The molecule has 2 heterocycles. The molecule has 0 amide bonds. The van der Waals surface area contributed by atoms with E-state index in [1.807, 2.05) is 11.3 Å². The minimum absolute atomic E-state index is 0.816. The number of benzene rings is 11. The minimum atomic E-state index is 0.816. The summed E-state index contributed by atoms with van der Waals surface area (Å²) in [5.74, 6) is 0. The van der Waals surface area contributed by atoms with Crippen molar-refractivity contribution in [3.63, 3.8) is 0 Å². The monoisotopic (exact) mass is 901 g/mol. The Kier molecular flexibility index (Phi) is 9.99. The van der Waals surface area contributed by atoms with E-state index in [9.17, 15) is 0 Å². The molecular weight excluding hydrogens is 859 g/mol. The third-order valence-electron chi connectivity index (χ3n) is 13.2. The molecule has 11 aromatic carbocycles. The summed E-state index contributed by atoms with van der Waals surface area (Å²) in [4.78, 5) is 7.06. The maximum Gasteiger partial charge on any atom is 0.159 e. The fourth-order valence-electron chi connectivity index (χ4n) is 10.1. The van der Waals surface area contributed by atoms with E-state index in [0.717, 1.165) is 95.0 Å². The molecule has 0 saturated heterocycles. The quantitative estimate of drug-likeness (QED) is 0.136. The van der Waals surface area contributed by atoms with Gasteiger partial charge < -0.3 is 19.1 Å². The lowest BCUT2D eigenvalue weighted by Crippen LogP contribution is -2.11. The summed E-state index contributed by atoms with van der Waals surface area (Å²) in [5.41, 5.74) is 13.4. The van der Waals surface area contributed by atoms with Crippen molar-refractivity contribution >= 4 is 115 Å². The molecule has 2 aromatic heterocycles. The molecule has 0 N–H and O–H groups in total. The summed E-state index contributed by atoms with van der Waals surface area (Å²) in [6.45, 7) is 0. The van der Waals surface area contributed by atoms with Gasteiger partial charge in [0.2, 0.25) is 0 Å². The molecule has 0 radical (unpaired) electrons. The number of hydrogen-bond acceptors (Lipinski definition) is 5. The SMILES string of the molecule is c1ccc(N(c2ccccc2)c2ccc3oc4c(N(c5ccccc5)c5ccc6sc7ccccc7c6c5)cc(-c5ccc(N(c6ccccc6)c6ccccc6)c6ccccc56)cc4c3c2)cc1. The second-order valence-corrected chi connectivity index (χ2v) is 18.4. The Morgan fingerprint density at radius 1 is 0.275 bits per heavy atom. The van der Waals surface area contributed by atoms with Crippen LogP contribution in [-0.4, -0.2) is 0 Å². The van der Waals surface area contributed by atoms with Gasteiger partial charge in [-0.05, 0) is 138 Å². The van der Waals surface area contributed by atoms with Crippen LogP contribution >= 0.6 is 11.3 Å². The highest BCUT2D eigenvalue weighted by molar-refractivity contribution is 7.25. The predicted octanol–water partition coefficient (Wildman–Crippen LogP) is 19.2. The largest absolute Gasteiger partial charge is 0.454 e. The summed E-state index contributed by atoms with van der Waals surface area (Å²) < 4.78 is 9.70. The first kappa shape index (κ1) is 40.4. The van der Waals surface area contributed by atoms with Gasteiger partial charge in [0.1, 0.15) is 5.58 Å². The van der Waals surface area contributed by atoms with E-state index in [-0.39, 0.29) is 0 Å². The molecular formula is C64H43N3OS. The zero-order valence-electron chi connectivity index (χ0n) is 37.5. The Morgan fingerprint density at radius 2 is 0.739 bits per heavy atom. The van der Waals surface area contributed by atoms with E-state index < -0.39 is 0 Å². The molecule has 0 fully saturated rings. The minimum Gasteiger partial charge on any atom is -0.454 e. The van der Waals surface area contributed by atoms with Gasteiger partial charge in [0.25, 0.3) is 0 Å². The predicted molar refractivity (Wildman–Crippen MR) is 294 cm³/mol. The van der Waals surface area contributed by atoms with Gasteiger partial charge in [0, 0.05) is 76.1 Å². The lowest BCUT2D eigenvalue weighted by Gasteiger charge is -2.28. The van der Waals surface area contributed by atoms with Gasteiger partial charge in [0.15, 0.2) is 5.58 Å². The topological polar surface area (TPSA) is 22.9 Å². The highest BCUT2D eigenvalue weighted by Crippen LogP contribution is 2.49. The maximum atomic E-state index is 7.16. The Balaban J connectivity index is 1.08. The number of thiophene rings is 1. The molecule has 5 heteroatoms. The fourth-order valence-corrected chi connectivity index (χ4v) is 11.2. The standard InChI is InChI=1S/C64H43N3OS/c1-6-20-45(21-7-1)65(46-22-8-2-9-23-46)50-34-38-61-56(42-50)58-40-44(52-36-37-59(54-31-17-16-30-53(52)54)66(47-24-10-3-11-25-47)48-26-12-4-13-27-48)41-60(64(58)68-61)67(49-28-14-5-15-29-49)51-35-39-63-57(43-51)55-32-18-19-33-62(55)69-63/h1-43H. The summed E-state index contributed by atoms with van der Waals surface area (Å²) in [6.07, 6.45) is 0. The molecule has 13 aromatic rings. The zero-order valence-corrected chi connectivity index (χ0v) is 38.3. The molecule has 0 unspecified atom stereocenters.